The largest absolute Gasteiger partial charge is 0.339 e. The third kappa shape index (κ3) is 2.38. The summed E-state index contributed by atoms with van der Waals surface area (Å²) in [6.07, 6.45) is 2.01. The third-order valence-corrected chi connectivity index (χ3v) is 3.76. The van der Waals surface area contributed by atoms with Crippen molar-refractivity contribution < 1.29 is 4.79 Å². The molecule has 0 aromatic heterocycles. The molecule has 0 aromatic rings. The molecule has 0 radical (unpaired) electrons. The Bertz CT molecular complexity index is 240. The van der Waals surface area contributed by atoms with Gasteiger partial charge in [-0.3, -0.25) is 4.79 Å². The molecule has 0 bridgehead atoms. The number of rotatable bonds is 2. The molecular weight excluding hydrogens is 184 g/mol. The number of thioether (sulfide) groups is 1. The average Bonchev–Trinajstić information content (AvgIpc) is 2.53. The van der Waals surface area contributed by atoms with Crippen molar-refractivity contribution in [2.75, 3.05) is 5.75 Å². The smallest absolute Gasteiger partial charge is 0.236 e. The van der Waals surface area contributed by atoms with Crippen molar-refractivity contribution in [3.05, 3.63) is 0 Å². The molecule has 72 valence electrons. The molecule has 0 aromatic carbocycles. The molecule has 0 spiro atoms. The van der Waals surface area contributed by atoms with E-state index < -0.39 is 0 Å². The van der Waals surface area contributed by atoms with Crippen LogP contribution in [0, 0.1) is 11.3 Å². The minimum Gasteiger partial charge on any atom is -0.339 e. The van der Waals surface area contributed by atoms with Crippen LogP contribution in [0.25, 0.3) is 0 Å². The van der Waals surface area contributed by atoms with Crippen molar-refractivity contribution in [3.63, 3.8) is 0 Å². The Morgan fingerprint density at radius 3 is 2.92 bits per heavy atom. The number of nitriles is 1. The Morgan fingerprint density at radius 2 is 2.46 bits per heavy atom. The summed E-state index contributed by atoms with van der Waals surface area (Å²) < 4.78 is -0.300. The first-order valence-corrected chi connectivity index (χ1v) is 5.41. The maximum Gasteiger partial charge on any atom is 0.236 e. The van der Waals surface area contributed by atoms with Crippen LogP contribution in [0.1, 0.15) is 26.7 Å². The van der Waals surface area contributed by atoms with E-state index in [4.69, 9.17) is 5.26 Å². The summed E-state index contributed by atoms with van der Waals surface area (Å²) in [5.41, 5.74) is 0. The van der Waals surface area contributed by atoms with Crippen molar-refractivity contribution in [1.82, 2.24) is 5.32 Å². The fourth-order valence-corrected chi connectivity index (χ4v) is 2.56. The van der Waals surface area contributed by atoms with Gasteiger partial charge >= 0.3 is 0 Å². The van der Waals surface area contributed by atoms with Crippen LogP contribution in [0.2, 0.25) is 0 Å². The lowest BCUT2D eigenvalue weighted by Gasteiger charge is -2.22. The van der Waals surface area contributed by atoms with Gasteiger partial charge in [-0.15, -0.1) is 11.8 Å². The van der Waals surface area contributed by atoms with Crippen LogP contribution in [0.4, 0.5) is 0 Å². The fourth-order valence-electron chi connectivity index (χ4n) is 1.34. The summed E-state index contributed by atoms with van der Waals surface area (Å²) in [5.74, 6) is 1.05. The summed E-state index contributed by atoms with van der Waals surface area (Å²) in [6.45, 7) is 3.64. The Kier molecular flexibility index (Phi) is 3.21. The minimum absolute atomic E-state index is 0.00375. The van der Waals surface area contributed by atoms with E-state index in [1.807, 2.05) is 13.0 Å². The second-order valence-corrected chi connectivity index (χ2v) is 5.11. The molecule has 2 atom stereocenters. The molecule has 1 rings (SSSR count). The average molecular weight is 198 g/mol. The predicted octanol–water partition coefficient (Wildman–Crippen LogP) is 1.30. The van der Waals surface area contributed by atoms with E-state index in [1.165, 1.54) is 0 Å². The number of hydrogen-bond donors (Lipinski definition) is 1. The van der Waals surface area contributed by atoms with Crippen molar-refractivity contribution >= 4 is 17.7 Å². The van der Waals surface area contributed by atoms with E-state index in [2.05, 4.69) is 5.32 Å². The standard InChI is InChI=1S/C9H14N2OS/c1-7(6-10)11-8(12)9(2)4-3-5-13-9/h7H,3-5H2,1-2H3,(H,11,12). The second-order valence-electron chi connectivity index (χ2n) is 3.51. The zero-order valence-corrected chi connectivity index (χ0v) is 8.78. The zero-order valence-electron chi connectivity index (χ0n) is 7.96. The maximum absolute atomic E-state index is 11.7. The van der Waals surface area contributed by atoms with Gasteiger partial charge in [0.1, 0.15) is 6.04 Å². The van der Waals surface area contributed by atoms with Gasteiger partial charge in [0.05, 0.1) is 10.8 Å². The van der Waals surface area contributed by atoms with Crippen LogP contribution >= 0.6 is 11.8 Å². The number of hydrogen-bond acceptors (Lipinski definition) is 3. The molecule has 0 aliphatic carbocycles. The van der Waals surface area contributed by atoms with Gasteiger partial charge in [0.15, 0.2) is 0 Å². The van der Waals surface area contributed by atoms with Crippen LogP contribution in [-0.4, -0.2) is 22.4 Å². The molecule has 1 fully saturated rings. The highest BCUT2D eigenvalue weighted by atomic mass is 32.2. The van der Waals surface area contributed by atoms with E-state index in [0.717, 1.165) is 18.6 Å². The van der Waals surface area contributed by atoms with Gasteiger partial charge in [-0.1, -0.05) is 0 Å². The summed E-state index contributed by atoms with van der Waals surface area (Å²) in [6, 6.07) is 1.61. The Balaban J connectivity index is 2.52. The van der Waals surface area contributed by atoms with Crippen LogP contribution in [-0.2, 0) is 4.79 Å². The van der Waals surface area contributed by atoms with E-state index in [-0.39, 0.29) is 16.7 Å². The highest BCUT2D eigenvalue weighted by molar-refractivity contribution is 8.01. The third-order valence-electron chi connectivity index (χ3n) is 2.24. The fraction of sp³-hybridized carbons (Fsp3) is 0.778. The minimum atomic E-state index is -0.384. The van der Waals surface area contributed by atoms with Crippen molar-refractivity contribution in [1.29, 1.82) is 5.26 Å². The monoisotopic (exact) mass is 198 g/mol. The van der Waals surface area contributed by atoms with Crippen LogP contribution in [0.5, 0.6) is 0 Å². The second kappa shape index (κ2) is 4.01. The predicted molar refractivity (Wildman–Crippen MR) is 53.3 cm³/mol. The van der Waals surface area contributed by atoms with Gasteiger partial charge in [-0.25, -0.2) is 0 Å². The Labute approximate surface area is 82.9 Å². The molecule has 13 heavy (non-hydrogen) atoms. The number of amides is 1. The van der Waals surface area contributed by atoms with Crippen LogP contribution in [0.3, 0.4) is 0 Å². The Hall–Kier alpha value is -0.690. The SMILES string of the molecule is CC(C#N)NC(=O)C1(C)CCCS1. The number of carbonyl (C=O) groups is 1. The van der Waals surface area contributed by atoms with E-state index >= 15 is 0 Å². The van der Waals surface area contributed by atoms with Crippen LogP contribution in [0.15, 0.2) is 0 Å². The van der Waals surface area contributed by atoms with Gasteiger partial charge in [0.2, 0.25) is 5.91 Å². The molecule has 0 saturated carbocycles. The number of carbonyl (C=O) groups excluding carboxylic acids is 1. The molecule has 1 N–H and O–H groups in total. The molecule has 1 amide bonds. The lowest BCUT2D eigenvalue weighted by atomic mass is 10.0. The lowest BCUT2D eigenvalue weighted by molar-refractivity contribution is -0.123. The molecule has 3 nitrogen and oxygen atoms in total. The summed E-state index contributed by atoms with van der Waals surface area (Å²) in [4.78, 5) is 11.7. The van der Waals surface area contributed by atoms with Crippen molar-refractivity contribution in [2.24, 2.45) is 0 Å². The molecule has 1 saturated heterocycles. The first-order valence-electron chi connectivity index (χ1n) is 4.43. The summed E-state index contributed by atoms with van der Waals surface area (Å²) in [5, 5.41) is 11.2. The van der Waals surface area contributed by atoms with Crippen LogP contribution < -0.4 is 5.32 Å². The molecule has 1 aliphatic rings. The maximum atomic E-state index is 11.7. The molecule has 1 aliphatic heterocycles. The lowest BCUT2D eigenvalue weighted by Crippen LogP contribution is -2.43. The van der Waals surface area contributed by atoms with Gasteiger partial charge in [-0.2, -0.15) is 5.26 Å². The highest BCUT2D eigenvalue weighted by Crippen LogP contribution is 2.37. The Morgan fingerprint density at radius 1 is 1.77 bits per heavy atom. The summed E-state index contributed by atoms with van der Waals surface area (Å²) >= 11 is 1.68. The number of nitrogens with one attached hydrogen (secondary N) is 1. The summed E-state index contributed by atoms with van der Waals surface area (Å²) in [7, 11) is 0. The van der Waals surface area contributed by atoms with Gasteiger partial charge in [0, 0.05) is 0 Å². The molecule has 1 heterocycles. The van der Waals surface area contributed by atoms with Gasteiger partial charge < -0.3 is 5.32 Å². The van der Waals surface area contributed by atoms with E-state index in [0.29, 0.717) is 0 Å². The van der Waals surface area contributed by atoms with Crippen molar-refractivity contribution in [2.45, 2.75) is 37.5 Å². The van der Waals surface area contributed by atoms with Crippen molar-refractivity contribution in [3.8, 4) is 6.07 Å². The van der Waals surface area contributed by atoms with Gasteiger partial charge in [-0.05, 0) is 32.4 Å². The first-order chi connectivity index (χ1) is 6.08. The molecule has 2 unspecified atom stereocenters. The van der Waals surface area contributed by atoms with Gasteiger partial charge in [0.25, 0.3) is 0 Å². The zero-order chi connectivity index (χ0) is 9.90. The number of nitrogens with zero attached hydrogens (tertiary/aromatic N) is 1. The van der Waals surface area contributed by atoms with E-state index in [9.17, 15) is 4.79 Å². The normalized spacial score (nSPS) is 29.3. The highest BCUT2D eigenvalue weighted by Gasteiger charge is 2.37. The first kappa shape index (κ1) is 10.4. The molecular formula is C9H14N2OS. The topological polar surface area (TPSA) is 52.9 Å². The molecule has 4 heteroatoms. The van der Waals surface area contributed by atoms with E-state index in [1.54, 1.807) is 18.7 Å². The quantitative estimate of drug-likeness (QED) is 0.727.